The van der Waals surface area contributed by atoms with Crippen LogP contribution in [0.5, 0.6) is 0 Å². The van der Waals surface area contributed by atoms with Crippen molar-refractivity contribution in [1.29, 1.82) is 0 Å². The number of hydrogen-bond acceptors (Lipinski definition) is 2. The van der Waals surface area contributed by atoms with E-state index in [-0.39, 0.29) is 17.4 Å². The number of rotatable bonds is 2. The number of hydrogen-bond donors (Lipinski definition) is 0. The third-order valence-corrected chi connectivity index (χ3v) is 4.37. The van der Waals surface area contributed by atoms with Crippen LogP contribution < -0.4 is 0 Å². The highest BCUT2D eigenvalue weighted by atomic mass is 19.4. The maximum atomic E-state index is 12.8. The lowest BCUT2D eigenvalue weighted by Crippen LogP contribution is -2.39. The molecule has 0 bridgehead atoms. The van der Waals surface area contributed by atoms with Crippen molar-refractivity contribution in [3.63, 3.8) is 0 Å². The van der Waals surface area contributed by atoms with Gasteiger partial charge >= 0.3 is 6.18 Å². The van der Waals surface area contributed by atoms with Gasteiger partial charge in [0.2, 0.25) is 0 Å². The van der Waals surface area contributed by atoms with Gasteiger partial charge in [0.05, 0.1) is 5.56 Å². The summed E-state index contributed by atoms with van der Waals surface area (Å²) in [6, 6.07) is 4.61. The summed E-state index contributed by atoms with van der Waals surface area (Å²) in [5.74, 6) is 0.644. The molecule has 1 aliphatic rings. The summed E-state index contributed by atoms with van der Waals surface area (Å²) >= 11 is 0. The van der Waals surface area contributed by atoms with Crippen molar-refractivity contribution in [3.05, 3.63) is 53.6 Å². The van der Waals surface area contributed by atoms with E-state index < -0.39 is 11.7 Å². The van der Waals surface area contributed by atoms with Crippen LogP contribution in [0, 0.1) is 0 Å². The van der Waals surface area contributed by atoms with Crippen LogP contribution in [0.15, 0.2) is 36.7 Å². The Morgan fingerprint density at radius 2 is 2.12 bits per heavy atom. The predicted octanol–water partition coefficient (Wildman–Crippen LogP) is 3.46. The van der Waals surface area contributed by atoms with Gasteiger partial charge in [0.25, 0.3) is 5.91 Å². The Bertz CT molecular complexity index is 739. The molecule has 0 unspecified atom stereocenters. The molecule has 7 heteroatoms. The number of imidazole rings is 1. The first-order valence-electron chi connectivity index (χ1n) is 7.80. The summed E-state index contributed by atoms with van der Waals surface area (Å²) < 4.78 is 40.4. The lowest BCUT2D eigenvalue weighted by Gasteiger charge is -2.32. The molecule has 1 aliphatic heterocycles. The highest BCUT2D eigenvalue weighted by molar-refractivity contribution is 5.94. The van der Waals surface area contributed by atoms with Crippen LogP contribution in [0.25, 0.3) is 0 Å². The van der Waals surface area contributed by atoms with Crippen molar-refractivity contribution in [3.8, 4) is 0 Å². The van der Waals surface area contributed by atoms with E-state index in [1.165, 1.54) is 12.1 Å². The zero-order valence-corrected chi connectivity index (χ0v) is 13.3. The number of benzene rings is 1. The molecule has 128 valence electrons. The molecule has 0 spiro atoms. The molecule has 24 heavy (non-hydrogen) atoms. The summed E-state index contributed by atoms with van der Waals surface area (Å²) in [5.41, 5.74) is -0.726. The maximum absolute atomic E-state index is 12.8. The van der Waals surface area contributed by atoms with E-state index in [0.717, 1.165) is 30.8 Å². The van der Waals surface area contributed by atoms with Crippen LogP contribution in [-0.2, 0) is 13.2 Å². The van der Waals surface area contributed by atoms with Gasteiger partial charge in [-0.1, -0.05) is 6.07 Å². The van der Waals surface area contributed by atoms with Crippen molar-refractivity contribution < 1.29 is 18.0 Å². The standard InChI is InChI=1S/C17H18F3N3O/c1-22-9-7-21-15(22)13-5-3-8-23(11-13)16(24)12-4-2-6-14(10-12)17(18,19)20/h2,4,6-7,9-10,13H,3,5,8,11H2,1H3/t13-/m0/s1. The van der Waals surface area contributed by atoms with Crippen LogP contribution in [0.1, 0.15) is 40.5 Å². The van der Waals surface area contributed by atoms with Crippen molar-refractivity contribution in [2.24, 2.45) is 7.05 Å². The van der Waals surface area contributed by atoms with Crippen LogP contribution in [0.2, 0.25) is 0 Å². The highest BCUT2D eigenvalue weighted by Crippen LogP contribution is 2.31. The molecule has 3 rings (SSSR count). The van der Waals surface area contributed by atoms with E-state index in [0.29, 0.717) is 13.1 Å². The predicted molar refractivity (Wildman–Crippen MR) is 82.5 cm³/mol. The molecule has 4 nitrogen and oxygen atoms in total. The second-order valence-electron chi connectivity index (χ2n) is 6.07. The molecule has 1 aromatic heterocycles. The summed E-state index contributed by atoms with van der Waals surface area (Å²) in [6.45, 7) is 1.02. The quantitative estimate of drug-likeness (QED) is 0.842. The molecular formula is C17H18F3N3O. The molecule has 1 amide bonds. The molecule has 1 saturated heterocycles. The number of carbonyl (C=O) groups excluding carboxylic acids is 1. The third-order valence-electron chi connectivity index (χ3n) is 4.37. The smallest absolute Gasteiger partial charge is 0.338 e. The average molecular weight is 337 g/mol. The van der Waals surface area contributed by atoms with Gasteiger partial charge in [-0.2, -0.15) is 13.2 Å². The summed E-state index contributed by atoms with van der Waals surface area (Å²) in [7, 11) is 1.90. The second kappa shape index (κ2) is 6.30. The Hall–Kier alpha value is -2.31. The molecule has 2 heterocycles. The number of nitrogens with zero attached hydrogens (tertiary/aromatic N) is 3. The number of carbonyl (C=O) groups is 1. The monoisotopic (exact) mass is 337 g/mol. The second-order valence-corrected chi connectivity index (χ2v) is 6.07. The van der Waals surface area contributed by atoms with E-state index in [1.54, 1.807) is 11.1 Å². The molecule has 0 aliphatic carbocycles. The minimum Gasteiger partial charge on any atom is -0.338 e. The SMILES string of the molecule is Cn1ccnc1[C@H]1CCCN(C(=O)c2cccc(C(F)(F)F)c2)C1. The lowest BCUT2D eigenvalue weighted by molar-refractivity contribution is -0.137. The fourth-order valence-electron chi connectivity index (χ4n) is 3.15. The van der Waals surface area contributed by atoms with E-state index in [2.05, 4.69) is 4.98 Å². The van der Waals surface area contributed by atoms with Crippen molar-refractivity contribution in [1.82, 2.24) is 14.5 Å². The van der Waals surface area contributed by atoms with Crippen LogP contribution >= 0.6 is 0 Å². The van der Waals surface area contributed by atoms with Gasteiger partial charge < -0.3 is 9.47 Å². The van der Waals surface area contributed by atoms with Crippen LogP contribution in [-0.4, -0.2) is 33.4 Å². The first kappa shape index (κ1) is 16.5. The molecular weight excluding hydrogens is 319 g/mol. The topological polar surface area (TPSA) is 38.1 Å². The number of alkyl halides is 3. The summed E-state index contributed by atoms with van der Waals surface area (Å²) in [6.07, 6.45) is 0.832. The molecule has 1 aromatic carbocycles. The van der Waals surface area contributed by atoms with Crippen molar-refractivity contribution in [2.75, 3.05) is 13.1 Å². The number of aromatic nitrogens is 2. The summed E-state index contributed by atoms with van der Waals surface area (Å²) in [5, 5.41) is 0. The highest BCUT2D eigenvalue weighted by Gasteiger charge is 2.32. The fourth-order valence-corrected chi connectivity index (χ4v) is 3.15. The molecule has 1 fully saturated rings. The minimum atomic E-state index is -4.45. The zero-order valence-electron chi connectivity index (χ0n) is 13.3. The number of aryl methyl sites for hydroxylation is 1. The Labute approximate surface area is 137 Å². The minimum absolute atomic E-state index is 0.0744. The lowest BCUT2D eigenvalue weighted by atomic mass is 9.96. The van der Waals surface area contributed by atoms with Crippen molar-refractivity contribution in [2.45, 2.75) is 24.9 Å². The van der Waals surface area contributed by atoms with E-state index in [9.17, 15) is 18.0 Å². The molecule has 2 aromatic rings. The largest absolute Gasteiger partial charge is 0.416 e. The summed E-state index contributed by atoms with van der Waals surface area (Å²) in [4.78, 5) is 18.6. The van der Waals surface area contributed by atoms with Gasteiger partial charge in [0, 0.05) is 44.0 Å². The molecule has 1 atom stereocenters. The fraction of sp³-hybridized carbons (Fsp3) is 0.412. The number of halogens is 3. The van der Waals surface area contributed by atoms with Gasteiger partial charge in [-0.25, -0.2) is 4.98 Å². The van der Waals surface area contributed by atoms with Crippen LogP contribution in [0.4, 0.5) is 13.2 Å². The van der Waals surface area contributed by atoms with Gasteiger partial charge in [-0.05, 0) is 31.0 Å². The maximum Gasteiger partial charge on any atom is 0.416 e. The van der Waals surface area contributed by atoms with Gasteiger partial charge in [0.15, 0.2) is 0 Å². The third kappa shape index (κ3) is 3.29. The molecule has 0 radical (unpaired) electrons. The van der Waals surface area contributed by atoms with Gasteiger partial charge in [-0.3, -0.25) is 4.79 Å². The van der Waals surface area contributed by atoms with E-state index >= 15 is 0 Å². The average Bonchev–Trinajstić information content (AvgIpc) is 3.00. The normalized spacial score (nSPS) is 18.7. The molecule has 0 N–H and O–H groups in total. The Balaban J connectivity index is 1.79. The van der Waals surface area contributed by atoms with E-state index in [4.69, 9.17) is 0 Å². The van der Waals surface area contributed by atoms with Gasteiger partial charge in [-0.15, -0.1) is 0 Å². The Morgan fingerprint density at radius 3 is 2.79 bits per heavy atom. The zero-order chi connectivity index (χ0) is 17.3. The first-order valence-corrected chi connectivity index (χ1v) is 7.80. The van der Waals surface area contributed by atoms with Crippen molar-refractivity contribution >= 4 is 5.91 Å². The Kier molecular flexibility index (Phi) is 4.34. The number of likely N-dealkylation sites (tertiary alicyclic amines) is 1. The number of piperidine rings is 1. The first-order chi connectivity index (χ1) is 11.4. The van der Waals surface area contributed by atoms with E-state index in [1.807, 2.05) is 17.8 Å². The molecule has 0 saturated carbocycles. The number of amides is 1. The Morgan fingerprint density at radius 1 is 1.33 bits per heavy atom. The van der Waals surface area contributed by atoms with Crippen LogP contribution in [0.3, 0.4) is 0 Å². The van der Waals surface area contributed by atoms with Gasteiger partial charge in [0.1, 0.15) is 5.82 Å².